The van der Waals surface area contributed by atoms with E-state index in [0.29, 0.717) is 29.6 Å². The second-order valence-corrected chi connectivity index (χ2v) is 11.0. The standard InChI is InChI=1S/C28H24F4N4O3S/c29-22-8-11-24(28(30,31)32)21(17-22)18-35-13-15-36(16-14-35)27(37)20-6-9-23(10-7-20)34-40(38,39)25-5-1-3-19-4-2-12-33-26(19)25/h1-12,17,34H,13-16,18H2. The molecule has 0 radical (unpaired) electrons. The van der Waals surface area contributed by atoms with E-state index in [0.717, 1.165) is 18.2 Å². The molecule has 0 atom stereocenters. The first-order valence-electron chi connectivity index (χ1n) is 12.4. The molecule has 0 bridgehead atoms. The second kappa shape index (κ2) is 10.9. The van der Waals surface area contributed by atoms with Crippen molar-refractivity contribution < 1.29 is 30.8 Å². The Balaban J connectivity index is 1.22. The third-order valence-corrected chi connectivity index (χ3v) is 8.11. The molecule has 1 aliphatic rings. The first-order chi connectivity index (χ1) is 19.0. The summed E-state index contributed by atoms with van der Waals surface area (Å²) < 4.78 is 82.2. The molecule has 2 heterocycles. The summed E-state index contributed by atoms with van der Waals surface area (Å²) in [6.07, 6.45) is -3.07. The van der Waals surface area contributed by atoms with Gasteiger partial charge in [0, 0.05) is 55.6 Å². The molecule has 0 saturated carbocycles. The zero-order valence-corrected chi connectivity index (χ0v) is 21.8. The zero-order chi connectivity index (χ0) is 28.5. The van der Waals surface area contributed by atoms with Crippen molar-refractivity contribution in [1.82, 2.24) is 14.8 Å². The quantitative estimate of drug-likeness (QED) is 0.323. The van der Waals surface area contributed by atoms with Gasteiger partial charge in [0.05, 0.1) is 11.1 Å². The number of alkyl halides is 3. The number of benzene rings is 3. The number of amides is 1. The molecule has 1 aliphatic heterocycles. The summed E-state index contributed by atoms with van der Waals surface area (Å²) in [6.45, 7) is 1.10. The normalized spacial score (nSPS) is 14.8. The Morgan fingerprint density at radius 2 is 1.62 bits per heavy atom. The maximum Gasteiger partial charge on any atom is 0.416 e. The molecule has 7 nitrogen and oxygen atoms in total. The highest BCUT2D eigenvalue weighted by molar-refractivity contribution is 7.93. The van der Waals surface area contributed by atoms with Crippen molar-refractivity contribution in [3.8, 4) is 0 Å². The van der Waals surface area contributed by atoms with Gasteiger partial charge in [-0.15, -0.1) is 0 Å². The van der Waals surface area contributed by atoms with Crippen LogP contribution in [0.2, 0.25) is 0 Å². The SMILES string of the molecule is O=C(c1ccc(NS(=O)(=O)c2cccc3cccnc23)cc1)N1CCN(Cc2cc(F)ccc2C(F)(F)F)CC1. The minimum absolute atomic E-state index is 0.0317. The summed E-state index contributed by atoms with van der Waals surface area (Å²) in [5.41, 5.74) is -0.0718. The predicted molar refractivity (Wildman–Crippen MR) is 142 cm³/mol. The number of sulfonamides is 1. The Morgan fingerprint density at radius 3 is 2.33 bits per heavy atom. The van der Waals surface area contributed by atoms with Crippen LogP contribution in [0.4, 0.5) is 23.2 Å². The first kappa shape index (κ1) is 27.5. The molecule has 1 aromatic heterocycles. The molecular formula is C28H24F4N4O3S. The number of rotatable bonds is 6. The van der Waals surface area contributed by atoms with Crippen LogP contribution in [-0.4, -0.2) is 55.3 Å². The number of hydrogen-bond donors (Lipinski definition) is 1. The smallest absolute Gasteiger partial charge is 0.336 e. The molecule has 1 amide bonds. The third kappa shape index (κ3) is 5.92. The van der Waals surface area contributed by atoms with Gasteiger partial charge in [-0.25, -0.2) is 12.8 Å². The van der Waals surface area contributed by atoms with E-state index in [1.165, 1.54) is 36.5 Å². The Kier molecular flexibility index (Phi) is 7.47. The van der Waals surface area contributed by atoms with E-state index < -0.39 is 27.6 Å². The van der Waals surface area contributed by atoms with Gasteiger partial charge in [0.1, 0.15) is 10.7 Å². The lowest BCUT2D eigenvalue weighted by Gasteiger charge is -2.35. The van der Waals surface area contributed by atoms with Crippen molar-refractivity contribution in [2.45, 2.75) is 17.6 Å². The number of anilines is 1. The fourth-order valence-corrected chi connectivity index (χ4v) is 5.93. The lowest BCUT2D eigenvalue weighted by atomic mass is 10.1. The second-order valence-electron chi connectivity index (χ2n) is 9.38. The van der Waals surface area contributed by atoms with E-state index in [-0.39, 0.29) is 41.7 Å². The Labute approximate surface area is 228 Å². The predicted octanol–water partition coefficient (Wildman–Crippen LogP) is 5.15. The number of pyridine rings is 1. The van der Waals surface area contributed by atoms with Crippen LogP contribution in [0.5, 0.6) is 0 Å². The van der Waals surface area contributed by atoms with Crippen LogP contribution in [0, 0.1) is 5.82 Å². The van der Waals surface area contributed by atoms with E-state index in [1.807, 2.05) is 0 Å². The molecule has 0 aliphatic carbocycles. The van der Waals surface area contributed by atoms with Gasteiger partial charge < -0.3 is 4.90 Å². The first-order valence-corrected chi connectivity index (χ1v) is 13.8. The van der Waals surface area contributed by atoms with Gasteiger partial charge in [-0.3, -0.25) is 19.4 Å². The molecule has 40 heavy (non-hydrogen) atoms. The monoisotopic (exact) mass is 572 g/mol. The van der Waals surface area contributed by atoms with Crippen molar-refractivity contribution in [2.24, 2.45) is 0 Å². The highest BCUT2D eigenvalue weighted by Crippen LogP contribution is 2.33. The van der Waals surface area contributed by atoms with E-state index in [2.05, 4.69) is 9.71 Å². The van der Waals surface area contributed by atoms with Gasteiger partial charge in [-0.1, -0.05) is 18.2 Å². The topological polar surface area (TPSA) is 82.6 Å². The minimum atomic E-state index is -4.59. The van der Waals surface area contributed by atoms with Crippen molar-refractivity contribution in [2.75, 3.05) is 30.9 Å². The van der Waals surface area contributed by atoms with Gasteiger partial charge >= 0.3 is 6.18 Å². The van der Waals surface area contributed by atoms with E-state index in [1.54, 1.807) is 34.1 Å². The lowest BCUT2D eigenvalue weighted by Crippen LogP contribution is -2.48. The van der Waals surface area contributed by atoms with Crippen LogP contribution < -0.4 is 4.72 Å². The molecular weight excluding hydrogens is 548 g/mol. The van der Waals surface area contributed by atoms with Crippen molar-refractivity contribution >= 4 is 32.5 Å². The third-order valence-electron chi connectivity index (χ3n) is 6.70. The highest BCUT2D eigenvalue weighted by Gasteiger charge is 2.34. The molecule has 0 unspecified atom stereocenters. The number of halogens is 4. The van der Waals surface area contributed by atoms with Gasteiger partial charge in [0.25, 0.3) is 15.9 Å². The molecule has 1 saturated heterocycles. The molecule has 4 aromatic rings. The Morgan fingerprint density at radius 1 is 0.925 bits per heavy atom. The highest BCUT2D eigenvalue weighted by atomic mass is 32.2. The fraction of sp³-hybridized carbons (Fsp3) is 0.214. The molecule has 5 rings (SSSR count). The number of piperazine rings is 1. The number of aromatic nitrogens is 1. The van der Waals surface area contributed by atoms with E-state index >= 15 is 0 Å². The van der Waals surface area contributed by atoms with Crippen LogP contribution in [0.3, 0.4) is 0 Å². The number of fused-ring (bicyclic) bond motifs is 1. The van der Waals surface area contributed by atoms with Crippen LogP contribution in [0.25, 0.3) is 10.9 Å². The number of para-hydroxylation sites is 1. The van der Waals surface area contributed by atoms with E-state index in [9.17, 15) is 30.8 Å². The van der Waals surface area contributed by atoms with Gasteiger partial charge in [0.15, 0.2) is 0 Å². The van der Waals surface area contributed by atoms with Crippen LogP contribution in [-0.2, 0) is 22.7 Å². The minimum Gasteiger partial charge on any atom is -0.336 e. The number of nitrogens with zero attached hydrogens (tertiary/aromatic N) is 3. The molecule has 3 aromatic carbocycles. The van der Waals surface area contributed by atoms with Crippen LogP contribution >= 0.6 is 0 Å². The van der Waals surface area contributed by atoms with Crippen molar-refractivity contribution in [3.05, 3.63) is 102 Å². The van der Waals surface area contributed by atoms with Crippen LogP contribution in [0.1, 0.15) is 21.5 Å². The maximum atomic E-state index is 13.6. The molecule has 1 fully saturated rings. The zero-order valence-electron chi connectivity index (χ0n) is 21.0. The summed E-state index contributed by atoms with van der Waals surface area (Å²) >= 11 is 0. The Bertz CT molecular complexity index is 1650. The lowest BCUT2D eigenvalue weighted by molar-refractivity contribution is -0.138. The number of nitrogens with one attached hydrogen (secondary N) is 1. The van der Waals surface area contributed by atoms with Crippen molar-refractivity contribution in [1.29, 1.82) is 0 Å². The summed E-state index contributed by atoms with van der Waals surface area (Å²) in [5, 5.41) is 0.683. The average Bonchev–Trinajstić information content (AvgIpc) is 2.92. The van der Waals surface area contributed by atoms with Gasteiger partial charge in [0.2, 0.25) is 0 Å². The molecule has 208 valence electrons. The maximum absolute atomic E-state index is 13.6. The number of hydrogen-bond acceptors (Lipinski definition) is 5. The number of carbonyl (C=O) groups excluding carboxylic acids is 1. The largest absolute Gasteiger partial charge is 0.416 e. The number of carbonyl (C=O) groups is 1. The molecule has 0 spiro atoms. The summed E-state index contributed by atoms with van der Waals surface area (Å²) in [4.78, 5) is 20.6. The summed E-state index contributed by atoms with van der Waals surface area (Å²) in [7, 11) is -3.95. The van der Waals surface area contributed by atoms with Gasteiger partial charge in [-0.2, -0.15) is 13.2 Å². The van der Waals surface area contributed by atoms with Crippen LogP contribution in [0.15, 0.2) is 83.9 Å². The van der Waals surface area contributed by atoms with Gasteiger partial charge in [-0.05, 0) is 60.2 Å². The molecule has 12 heteroatoms. The Hall–Kier alpha value is -4.03. The average molecular weight is 573 g/mol. The summed E-state index contributed by atoms with van der Waals surface area (Å²) in [5.74, 6) is -1.02. The summed E-state index contributed by atoms with van der Waals surface area (Å²) in [6, 6.07) is 16.8. The van der Waals surface area contributed by atoms with E-state index in [4.69, 9.17) is 0 Å². The van der Waals surface area contributed by atoms with Crippen molar-refractivity contribution in [3.63, 3.8) is 0 Å². The fourth-order valence-electron chi connectivity index (χ4n) is 4.69. The molecule has 1 N–H and O–H groups in total.